The number of amides is 2. The molecule has 0 spiro atoms. The van der Waals surface area contributed by atoms with Crippen molar-refractivity contribution < 1.29 is 14.3 Å². The fourth-order valence-electron chi connectivity index (χ4n) is 3.59. The molecule has 0 radical (unpaired) electrons. The molecule has 1 aliphatic rings. The number of nitrogens with one attached hydrogen (secondary N) is 2. The largest absolute Gasteiger partial charge is 0.497 e. The van der Waals surface area contributed by atoms with E-state index in [0.29, 0.717) is 29.6 Å². The summed E-state index contributed by atoms with van der Waals surface area (Å²) in [5, 5.41) is 5.85. The third-order valence-corrected chi connectivity index (χ3v) is 5.39. The fourth-order valence-corrected chi connectivity index (χ4v) is 3.59. The number of methoxy groups -OCH3 is 2. The Bertz CT molecular complexity index is 777. The van der Waals surface area contributed by atoms with E-state index in [9.17, 15) is 4.79 Å². The molecule has 0 aliphatic carbocycles. The zero-order chi connectivity index (χ0) is 20.6. The molecule has 1 heterocycles. The zero-order valence-corrected chi connectivity index (χ0v) is 17.5. The average molecular weight is 398 g/mol. The maximum Gasteiger partial charge on any atom is 0.319 e. The van der Waals surface area contributed by atoms with Crippen LogP contribution >= 0.6 is 0 Å². The molecule has 1 fully saturated rings. The molecule has 29 heavy (non-hydrogen) atoms. The Balaban J connectivity index is 1.41. The second-order valence-electron chi connectivity index (χ2n) is 7.64. The first-order valence-electron chi connectivity index (χ1n) is 10.1. The minimum atomic E-state index is -0.206. The van der Waals surface area contributed by atoms with Crippen LogP contribution in [0, 0.1) is 12.8 Å². The Morgan fingerprint density at radius 2 is 1.66 bits per heavy atom. The van der Waals surface area contributed by atoms with Gasteiger partial charge in [0.1, 0.15) is 11.5 Å². The monoisotopic (exact) mass is 397 g/mol. The third kappa shape index (κ3) is 6.39. The number of likely N-dealkylation sites (tertiary alicyclic amines) is 1. The van der Waals surface area contributed by atoms with Crippen LogP contribution in [0.15, 0.2) is 42.5 Å². The van der Waals surface area contributed by atoms with E-state index in [2.05, 4.69) is 46.7 Å². The highest BCUT2D eigenvalue weighted by Crippen LogP contribution is 2.25. The van der Waals surface area contributed by atoms with E-state index in [0.717, 1.165) is 32.5 Å². The number of rotatable bonds is 7. The molecule has 156 valence electrons. The van der Waals surface area contributed by atoms with Gasteiger partial charge in [-0.25, -0.2) is 4.79 Å². The summed E-state index contributed by atoms with van der Waals surface area (Å²) >= 11 is 0. The summed E-state index contributed by atoms with van der Waals surface area (Å²) in [6.07, 6.45) is 2.19. The number of anilines is 1. The molecule has 0 atom stereocenters. The molecule has 1 saturated heterocycles. The second-order valence-corrected chi connectivity index (χ2v) is 7.64. The molecule has 6 nitrogen and oxygen atoms in total. The standard InChI is InChI=1S/C23H31N3O3/c1-17-4-6-19(7-5-17)16-26-10-8-18(9-11-26)15-24-23(27)25-20-12-21(28-2)14-22(13-20)29-3/h4-7,12-14,18H,8-11,15-16H2,1-3H3,(H2,24,25,27). The first-order chi connectivity index (χ1) is 14.1. The number of nitrogens with zero attached hydrogens (tertiary/aromatic N) is 1. The van der Waals surface area contributed by atoms with E-state index >= 15 is 0 Å². The van der Waals surface area contributed by atoms with Crippen LogP contribution in [0.1, 0.15) is 24.0 Å². The molecule has 0 bridgehead atoms. The highest BCUT2D eigenvalue weighted by atomic mass is 16.5. The molecule has 3 rings (SSSR count). The summed E-state index contributed by atoms with van der Waals surface area (Å²) in [5.41, 5.74) is 3.30. The van der Waals surface area contributed by atoms with Crippen LogP contribution in [0.4, 0.5) is 10.5 Å². The van der Waals surface area contributed by atoms with Crippen molar-refractivity contribution in [2.75, 3.05) is 39.2 Å². The number of ether oxygens (including phenoxy) is 2. The van der Waals surface area contributed by atoms with Gasteiger partial charge < -0.3 is 20.1 Å². The molecule has 2 aromatic rings. The molecule has 0 saturated carbocycles. The maximum atomic E-state index is 12.3. The van der Waals surface area contributed by atoms with E-state index < -0.39 is 0 Å². The number of hydrogen-bond donors (Lipinski definition) is 2. The van der Waals surface area contributed by atoms with Crippen molar-refractivity contribution in [1.29, 1.82) is 0 Å². The Morgan fingerprint density at radius 1 is 1.03 bits per heavy atom. The molecule has 2 N–H and O–H groups in total. The van der Waals surface area contributed by atoms with Gasteiger partial charge in [0.2, 0.25) is 0 Å². The van der Waals surface area contributed by atoms with Gasteiger partial charge in [0.05, 0.1) is 14.2 Å². The van der Waals surface area contributed by atoms with Gasteiger partial charge in [-0.05, 0) is 44.3 Å². The lowest BCUT2D eigenvalue weighted by atomic mass is 9.96. The Kier molecular flexibility index (Phi) is 7.36. The molecule has 2 aromatic carbocycles. The highest BCUT2D eigenvalue weighted by molar-refractivity contribution is 5.89. The van der Waals surface area contributed by atoms with Gasteiger partial charge in [-0.15, -0.1) is 0 Å². The van der Waals surface area contributed by atoms with Crippen LogP contribution in [0.3, 0.4) is 0 Å². The maximum absolute atomic E-state index is 12.3. The summed E-state index contributed by atoms with van der Waals surface area (Å²) in [7, 11) is 3.17. The number of carbonyl (C=O) groups excluding carboxylic acids is 1. The second kappa shape index (κ2) is 10.2. The third-order valence-electron chi connectivity index (χ3n) is 5.39. The number of urea groups is 1. The van der Waals surface area contributed by atoms with Crippen LogP contribution in [-0.4, -0.2) is 44.8 Å². The van der Waals surface area contributed by atoms with Crippen LogP contribution in [0.25, 0.3) is 0 Å². The van der Waals surface area contributed by atoms with Crippen LogP contribution < -0.4 is 20.1 Å². The topological polar surface area (TPSA) is 62.8 Å². The lowest BCUT2D eigenvalue weighted by Gasteiger charge is -2.32. The van der Waals surface area contributed by atoms with Crippen molar-refractivity contribution in [3.63, 3.8) is 0 Å². The Morgan fingerprint density at radius 3 is 2.24 bits per heavy atom. The van der Waals surface area contributed by atoms with E-state index in [1.807, 2.05) is 0 Å². The van der Waals surface area contributed by atoms with Gasteiger partial charge in [0.15, 0.2) is 0 Å². The molecule has 6 heteroatoms. The summed E-state index contributed by atoms with van der Waals surface area (Å²) in [6.45, 7) is 5.93. The SMILES string of the molecule is COc1cc(NC(=O)NCC2CCN(Cc3ccc(C)cc3)CC2)cc(OC)c1. The van der Waals surface area contributed by atoms with Gasteiger partial charge in [0.25, 0.3) is 0 Å². The quantitative estimate of drug-likeness (QED) is 0.740. The van der Waals surface area contributed by atoms with Gasteiger partial charge in [-0.2, -0.15) is 0 Å². The zero-order valence-electron chi connectivity index (χ0n) is 17.5. The van der Waals surface area contributed by atoms with Crippen molar-refractivity contribution in [3.8, 4) is 11.5 Å². The first kappa shape index (κ1) is 21.0. The fraction of sp³-hybridized carbons (Fsp3) is 0.435. The van der Waals surface area contributed by atoms with Gasteiger partial charge >= 0.3 is 6.03 Å². The van der Waals surface area contributed by atoms with Crippen molar-refractivity contribution in [1.82, 2.24) is 10.2 Å². The van der Waals surface area contributed by atoms with Crippen LogP contribution in [0.2, 0.25) is 0 Å². The first-order valence-corrected chi connectivity index (χ1v) is 10.1. The average Bonchev–Trinajstić information content (AvgIpc) is 2.74. The number of piperidine rings is 1. The smallest absolute Gasteiger partial charge is 0.319 e. The van der Waals surface area contributed by atoms with Crippen LogP contribution in [-0.2, 0) is 6.54 Å². The predicted octanol–water partition coefficient (Wildman–Crippen LogP) is 4.05. The Labute approximate surface area is 173 Å². The highest BCUT2D eigenvalue weighted by Gasteiger charge is 2.20. The van der Waals surface area contributed by atoms with Crippen molar-refractivity contribution in [3.05, 3.63) is 53.6 Å². The van der Waals surface area contributed by atoms with E-state index in [1.165, 1.54) is 11.1 Å². The number of carbonyl (C=O) groups is 1. The molecule has 0 aromatic heterocycles. The van der Waals surface area contributed by atoms with Gasteiger partial charge in [-0.3, -0.25) is 4.90 Å². The lowest BCUT2D eigenvalue weighted by molar-refractivity contribution is 0.175. The van der Waals surface area contributed by atoms with E-state index in [4.69, 9.17) is 9.47 Å². The lowest BCUT2D eigenvalue weighted by Crippen LogP contribution is -2.39. The van der Waals surface area contributed by atoms with Gasteiger partial charge in [-0.1, -0.05) is 29.8 Å². The summed E-state index contributed by atoms with van der Waals surface area (Å²) in [5.74, 6) is 1.79. The number of hydrogen-bond acceptors (Lipinski definition) is 4. The Hall–Kier alpha value is -2.73. The van der Waals surface area contributed by atoms with Crippen molar-refractivity contribution in [2.45, 2.75) is 26.3 Å². The predicted molar refractivity (Wildman–Crippen MR) is 116 cm³/mol. The van der Waals surface area contributed by atoms with Gasteiger partial charge in [0, 0.05) is 37.0 Å². The summed E-state index contributed by atoms with van der Waals surface area (Å²) < 4.78 is 10.5. The summed E-state index contributed by atoms with van der Waals surface area (Å²) in [6, 6.07) is 13.9. The molecular weight excluding hydrogens is 366 g/mol. The number of aryl methyl sites for hydroxylation is 1. The minimum absolute atomic E-state index is 0.206. The van der Waals surface area contributed by atoms with Crippen LogP contribution in [0.5, 0.6) is 11.5 Å². The van der Waals surface area contributed by atoms with E-state index in [-0.39, 0.29) is 6.03 Å². The van der Waals surface area contributed by atoms with Crippen molar-refractivity contribution >= 4 is 11.7 Å². The minimum Gasteiger partial charge on any atom is -0.497 e. The normalized spacial score (nSPS) is 15.0. The molecule has 1 aliphatic heterocycles. The summed E-state index contributed by atoms with van der Waals surface area (Å²) in [4.78, 5) is 14.8. The molecule has 2 amide bonds. The number of benzene rings is 2. The molecular formula is C23H31N3O3. The molecule has 0 unspecified atom stereocenters. The van der Waals surface area contributed by atoms with E-state index in [1.54, 1.807) is 32.4 Å². The van der Waals surface area contributed by atoms with Crippen molar-refractivity contribution in [2.24, 2.45) is 5.92 Å².